The highest BCUT2D eigenvalue weighted by molar-refractivity contribution is 5.82. The molecular formula is C18H19NO4. The van der Waals surface area contributed by atoms with Crippen molar-refractivity contribution < 1.29 is 19.1 Å². The molecule has 0 heterocycles. The molecule has 2 aromatic rings. The second-order valence-electron chi connectivity index (χ2n) is 4.90. The highest BCUT2D eigenvalue weighted by atomic mass is 16.5. The van der Waals surface area contributed by atoms with Crippen LogP contribution >= 0.6 is 0 Å². The van der Waals surface area contributed by atoms with Gasteiger partial charge in [-0.15, -0.1) is 0 Å². The van der Waals surface area contributed by atoms with E-state index in [0.29, 0.717) is 6.61 Å². The van der Waals surface area contributed by atoms with Crippen molar-refractivity contribution in [1.82, 2.24) is 5.32 Å². The third kappa shape index (κ3) is 6.76. The normalized spacial score (nSPS) is 10.1. The van der Waals surface area contributed by atoms with Crippen LogP contribution in [-0.2, 0) is 32.3 Å². The fourth-order valence-electron chi connectivity index (χ4n) is 1.85. The molecule has 0 aliphatic heterocycles. The molecule has 120 valence electrons. The zero-order chi connectivity index (χ0) is 16.3. The van der Waals surface area contributed by atoms with Crippen molar-refractivity contribution in [3.05, 3.63) is 71.8 Å². The quantitative estimate of drug-likeness (QED) is 0.758. The summed E-state index contributed by atoms with van der Waals surface area (Å²) in [6.45, 7) is 0.286. The Hall–Kier alpha value is -2.66. The highest BCUT2D eigenvalue weighted by Crippen LogP contribution is 2.01. The van der Waals surface area contributed by atoms with Gasteiger partial charge in [0.05, 0.1) is 6.61 Å². The predicted octanol–water partition coefficient (Wildman–Crippen LogP) is 2.06. The van der Waals surface area contributed by atoms with E-state index in [9.17, 15) is 9.59 Å². The van der Waals surface area contributed by atoms with Gasteiger partial charge in [-0.1, -0.05) is 60.7 Å². The molecule has 0 aliphatic rings. The number of amides is 1. The summed E-state index contributed by atoms with van der Waals surface area (Å²) >= 11 is 0. The lowest BCUT2D eigenvalue weighted by Crippen LogP contribution is -2.33. The first-order chi connectivity index (χ1) is 11.2. The smallest absolute Gasteiger partial charge is 0.325 e. The molecule has 0 fully saturated rings. The van der Waals surface area contributed by atoms with Gasteiger partial charge in [0, 0.05) is 0 Å². The van der Waals surface area contributed by atoms with E-state index in [-0.39, 0.29) is 25.7 Å². The molecule has 0 unspecified atom stereocenters. The number of hydrogen-bond acceptors (Lipinski definition) is 4. The minimum absolute atomic E-state index is 0.0964. The summed E-state index contributed by atoms with van der Waals surface area (Å²) in [4.78, 5) is 23.1. The number of ether oxygens (including phenoxy) is 2. The molecule has 5 nitrogen and oxygen atoms in total. The van der Waals surface area contributed by atoms with Gasteiger partial charge in [-0.2, -0.15) is 0 Å². The SMILES string of the molecule is O=C(COCc1ccccc1)NCC(=O)OCc1ccccc1. The Balaban J connectivity index is 1.57. The van der Waals surface area contributed by atoms with Crippen molar-refractivity contribution in [2.75, 3.05) is 13.2 Å². The van der Waals surface area contributed by atoms with E-state index in [0.717, 1.165) is 11.1 Å². The summed E-state index contributed by atoms with van der Waals surface area (Å²) in [6, 6.07) is 18.9. The Morgan fingerprint density at radius 1 is 0.826 bits per heavy atom. The molecule has 1 amide bonds. The van der Waals surface area contributed by atoms with Gasteiger partial charge in [-0.3, -0.25) is 9.59 Å². The molecular weight excluding hydrogens is 294 g/mol. The van der Waals surface area contributed by atoms with Crippen LogP contribution in [0.1, 0.15) is 11.1 Å². The third-order valence-corrected chi connectivity index (χ3v) is 3.02. The van der Waals surface area contributed by atoms with Crippen LogP contribution < -0.4 is 5.32 Å². The minimum atomic E-state index is -0.481. The van der Waals surface area contributed by atoms with Crippen molar-refractivity contribution in [2.24, 2.45) is 0 Å². The highest BCUT2D eigenvalue weighted by Gasteiger charge is 2.07. The fourth-order valence-corrected chi connectivity index (χ4v) is 1.85. The van der Waals surface area contributed by atoms with Crippen LogP contribution in [0.2, 0.25) is 0 Å². The average molecular weight is 313 g/mol. The molecule has 0 saturated carbocycles. The molecule has 2 aromatic carbocycles. The van der Waals surface area contributed by atoms with E-state index in [2.05, 4.69) is 5.32 Å². The summed E-state index contributed by atoms with van der Waals surface area (Å²) in [6.07, 6.45) is 0. The maximum Gasteiger partial charge on any atom is 0.325 e. The summed E-state index contributed by atoms with van der Waals surface area (Å²) in [5.74, 6) is -0.831. The molecule has 0 bridgehead atoms. The van der Waals surface area contributed by atoms with Crippen molar-refractivity contribution in [1.29, 1.82) is 0 Å². The minimum Gasteiger partial charge on any atom is -0.460 e. The summed E-state index contributed by atoms with van der Waals surface area (Å²) in [7, 11) is 0. The van der Waals surface area contributed by atoms with Crippen molar-refractivity contribution in [3.8, 4) is 0 Å². The number of benzene rings is 2. The zero-order valence-corrected chi connectivity index (χ0v) is 12.7. The molecule has 0 radical (unpaired) electrons. The summed E-state index contributed by atoms with van der Waals surface area (Å²) in [5, 5.41) is 2.47. The van der Waals surface area contributed by atoms with Crippen LogP contribution in [0, 0.1) is 0 Å². The summed E-state index contributed by atoms with van der Waals surface area (Å²) in [5.41, 5.74) is 1.89. The second-order valence-corrected chi connectivity index (χ2v) is 4.90. The lowest BCUT2D eigenvalue weighted by Gasteiger charge is -2.07. The molecule has 0 aliphatic carbocycles. The lowest BCUT2D eigenvalue weighted by atomic mass is 10.2. The zero-order valence-electron chi connectivity index (χ0n) is 12.7. The van der Waals surface area contributed by atoms with Crippen LogP contribution in [0.25, 0.3) is 0 Å². The fraction of sp³-hybridized carbons (Fsp3) is 0.222. The monoisotopic (exact) mass is 313 g/mol. The van der Waals surface area contributed by atoms with Gasteiger partial charge in [0.25, 0.3) is 0 Å². The number of nitrogens with one attached hydrogen (secondary N) is 1. The van der Waals surface area contributed by atoms with Gasteiger partial charge in [-0.25, -0.2) is 0 Å². The third-order valence-electron chi connectivity index (χ3n) is 3.02. The van der Waals surface area contributed by atoms with E-state index in [1.165, 1.54) is 0 Å². The Labute approximate surface area is 135 Å². The van der Waals surface area contributed by atoms with Gasteiger partial charge in [0.2, 0.25) is 5.91 Å². The van der Waals surface area contributed by atoms with Crippen LogP contribution in [0.5, 0.6) is 0 Å². The van der Waals surface area contributed by atoms with Crippen molar-refractivity contribution in [2.45, 2.75) is 13.2 Å². The van der Waals surface area contributed by atoms with Crippen LogP contribution in [-0.4, -0.2) is 25.0 Å². The predicted molar refractivity (Wildman–Crippen MR) is 85.3 cm³/mol. The molecule has 1 N–H and O–H groups in total. The standard InChI is InChI=1S/C18H19NO4/c20-17(14-22-12-15-7-3-1-4-8-15)19-11-18(21)23-13-16-9-5-2-6-10-16/h1-10H,11-14H2,(H,19,20). The van der Waals surface area contributed by atoms with Gasteiger partial charge in [-0.05, 0) is 11.1 Å². The van der Waals surface area contributed by atoms with E-state index >= 15 is 0 Å². The first-order valence-corrected chi connectivity index (χ1v) is 7.32. The maximum atomic E-state index is 11.6. The van der Waals surface area contributed by atoms with Gasteiger partial charge in [0.15, 0.2) is 0 Å². The second kappa shape index (κ2) is 9.38. The molecule has 5 heteroatoms. The van der Waals surface area contributed by atoms with Crippen molar-refractivity contribution in [3.63, 3.8) is 0 Å². The number of esters is 1. The van der Waals surface area contributed by atoms with Gasteiger partial charge >= 0.3 is 5.97 Å². The number of rotatable bonds is 8. The topological polar surface area (TPSA) is 64.6 Å². The Bertz CT molecular complexity index is 613. The molecule has 23 heavy (non-hydrogen) atoms. The molecule has 2 rings (SSSR count). The van der Waals surface area contributed by atoms with E-state index in [1.54, 1.807) is 0 Å². The van der Waals surface area contributed by atoms with E-state index < -0.39 is 5.97 Å². The summed E-state index contributed by atoms with van der Waals surface area (Å²) < 4.78 is 10.3. The number of hydrogen-bond donors (Lipinski definition) is 1. The van der Waals surface area contributed by atoms with E-state index in [1.807, 2.05) is 60.7 Å². The van der Waals surface area contributed by atoms with Gasteiger partial charge in [0.1, 0.15) is 19.8 Å². The Morgan fingerprint density at radius 2 is 1.39 bits per heavy atom. The van der Waals surface area contributed by atoms with Crippen molar-refractivity contribution >= 4 is 11.9 Å². The average Bonchev–Trinajstić information content (AvgIpc) is 2.60. The Kier molecular flexibility index (Phi) is 6.81. The Morgan fingerprint density at radius 3 is 2.00 bits per heavy atom. The molecule has 0 spiro atoms. The van der Waals surface area contributed by atoms with Crippen LogP contribution in [0.3, 0.4) is 0 Å². The number of carbonyl (C=O) groups is 2. The first-order valence-electron chi connectivity index (χ1n) is 7.32. The van der Waals surface area contributed by atoms with E-state index in [4.69, 9.17) is 9.47 Å². The van der Waals surface area contributed by atoms with Crippen LogP contribution in [0.4, 0.5) is 0 Å². The lowest BCUT2D eigenvalue weighted by molar-refractivity contribution is -0.145. The van der Waals surface area contributed by atoms with Crippen LogP contribution in [0.15, 0.2) is 60.7 Å². The first kappa shape index (κ1) is 16.7. The van der Waals surface area contributed by atoms with Gasteiger partial charge < -0.3 is 14.8 Å². The molecule has 0 atom stereocenters. The largest absolute Gasteiger partial charge is 0.460 e. The maximum absolute atomic E-state index is 11.6. The molecule has 0 saturated heterocycles. The number of carbonyl (C=O) groups excluding carboxylic acids is 2. The molecule has 0 aromatic heterocycles.